The number of hydrogen-bond acceptors (Lipinski definition) is 2. The van der Waals surface area contributed by atoms with Crippen molar-refractivity contribution in [2.45, 2.75) is 130 Å². The predicted molar refractivity (Wildman–Crippen MR) is 130 cm³/mol. The topological polar surface area (TPSA) is 29.5 Å². The van der Waals surface area contributed by atoms with Crippen LogP contribution < -0.4 is 0 Å². The maximum absolute atomic E-state index is 10.6. The fraction of sp³-hybridized carbons (Fsp3) is 0.786. The van der Waals surface area contributed by atoms with E-state index in [9.17, 15) is 5.11 Å². The van der Waals surface area contributed by atoms with Gasteiger partial charge in [-0.2, -0.15) is 0 Å². The van der Waals surface area contributed by atoms with Gasteiger partial charge in [-0.15, -0.1) is 0 Å². The van der Waals surface area contributed by atoms with E-state index in [1.807, 2.05) is 6.92 Å². The Morgan fingerprint density at radius 1 is 1.30 bits per heavy atom. The van der Waals surface area contributed by atoms with Crippen LogP contribution in [0.4, 0.5) is 0 Å². The molecule has 30 heavy (non-hydrogen) atoms. The molecule has 1 fully saturated rings. The molecule has 1 N–H and O–H groups in total. The molecule has 1 aliphatic carbocycles. The van der Waals surface area contributed by atoms with E-state index < -0.39 is 5.60 Å². The molecule has 0 radical (unpaired) electrons. The SMILES string of the molecule is CC1=CC=C2CCC(C)(CC/C=C(\C)CCCC(C)(O)CCCC(C)C)OC2C1C. The zero-order chi connectivity index (χ0) is 22.4. The predicted octanol–water partition coefficient (Wildman–Crippen LogP) is 7.92. The standard InChI is InChI=1S/C28H48O2/c1-21(2)11-8-17-27(6,29)18-9-12-22(3)13-10-19-28(7)20-16-25-15-14-23(4)24(5)26(25)30-28/h13-15,21,24,26,29H,8-12,16-20H2,1-7H3/b22-13+. The highest BCUT2D eigenvalue weighted by Crippen LogP contribution is 2.41. The Bertz CT molecular complexity index is 637. The number of hydrogen-bond donors (Lipinski definition) is 1. The van der Waals surface area contributed by atoms with Crippen LogP contribution in [0.2, 0.25) is 0 Å². The van der Waals surface area contributed by atoms with Gasteiger partial charge in [-0.1, -0.05) is 63.0 Å². The van der Waals surface area contributed by atoms with Crippen LogP contribution in [0.3, 0.4) is 0 Å². The maximum Gasteiger partial charge on any atom is 0.0858 e. The van der Waals surface area contributed by atoms with Crippen LogP contribution in [-0.4, -0.2) is 22.4 Å². The first-order valence-electron chi connectivity index (χ1n) is 12.4. The minimum absolute atomic E-state index is 0.00917. The Morgan fingerprint density at radius 2 is 2.00 bits per heavy atom. The van der Waals surface area contributed by atoms with E-state index in [4.69, 9.17) is 4.74 Å². The summed E-state index contributed by atoms with van der Waals surface area (Å²) in [5, 5.41) is 10.6. The van der Waals surface area contributed by atoms with E-state index in [2.05, 4.69) is 59.8 Å². The van der Waals surface area contributed by atoms with Gasteiger partial charge in [0.2, 0.25) is 0 Å². The van der Waals surface area contributed by atoms with Crippen molar-refractivity contribution in [1.29, 1.82) is 0 Å². The molecule has 2 nitrogen and oxygen atoms in total. The third kappa shape index (κ3) is 8.00. The second-order valence-corrected chi connectivity index (χ2v) is 11.2. The summed E-state index contributed by atoms with van der Waals surface area (Å²) in [6.45, 7) is 15.6. The molecule has 0 saturated carbocycles. The number of ether oxygens (including phenoxy) is 1. The fourth-order valence-corrected chi connectivity index (χ4v) is 4.90. The van der Waals surface area contributed by atoms with Crippen molar-refractivity contribution in [3.63, 3.8) is 0 Å². The molecule has 1 saturated heterocycles. The van der Waals surface area contributed by atoms with Crippen LogP contribution in [0, 0.1) is 11.8 Å². The van der Waals surface area contributed by atoms with Crippen molar-refractivity contribution >= 4 is 0 Å². The molecule has 1 aliphatic heterocycles. The van der Waals surface area contributed by atoms with Gasteiger partial charge in [0.05, 0.1) is 17.3 Å². The van der Waals surface area contributed by atoms with Crippen LogP contribution in [0.1, 0.15) is 113 Å². The lowest BCUT2D eigenvalue weighted by Gasteiger charge is -2.44. The minimum Gasteiger partial charge on any atom is -0.390 e. The summed E-state index contributed by atoms with van der Waals surface area (Å²) in [7, 11) is 0. The smallest absolute Gasteiger partial charge is 0.0858 e. The summed E-state index contributed by atoms with van der Waals surface area (Å²) in [6, 6.07) is 0. The molecule has 2 aliphatic rings. The van der Waals surface area contributed by atoms with Crippen molar-refractivity contribution in [1.82, 2.24) is 0 Å². The van der Waals surface area contributed by atoms with Crippen molar-refractivity contribution in [2.75, 3.05) is 0 Å². The Hall–Kier alpha value is -0.860. The van der Waals surface area contributed by atoms with Crippen LogP contribution in [0.15, 0.2) is 34.9 Å². The van der Waals surface area contributed by atoms with E-state index in [0.717, 1.165) is 57.3 Å². The average Bonchev–Trinajstić information content (AvgIpc) is 2.64. The van der Waals surface area contributed by atoms with Crippen molar-refractivity contribution < 1.29 is 9.84 Å². The van der Waals surface area contributed by atoms with E-state index in [1.165, 1.54) is 29.6 Å². The first-order valence-corrected chi connectivity index (χ1v) is 12.4. The summed E-state index contributed by atoms with van der Waals surface area (Å²) >= 11 is 0. The van der Waals surface area contributed by atoms with Gasteiger partial charge in [0.1, 0.15) is 0 Å². The van der Waals surface area contributed by atoms with Gasteiger partial charge in [-0.3, -0.25) is 0 Å². The van der Waals surface area contributed by atoms with Gasteiger partial charge in [0, 0.05) is 5.92 Å². The summed E-state index contributed by atoms with van der Waals surface area (Å²) < 4.78 is 6.65. The molecule has 1 heterocycles. The van der Waals surface area contributed by atoms with Crippen molar-refractivity contribution in [2.24, 2.45) is 11.8 Å². The lowest BCUT2D eigenvalue weighted by Crippen LogP contribution is -2.43. The van der Waals surface area contributed by atoms with Crippen LogP contribution >= 0.6 is 0 Å². The lowest BCUT2D eigenvalue weighted by atomic mass is 9.78. The van der Waals surface area contributed by atoms with Crippen LogP contribution in [0.5, 0.6) is 0 Å². The molecule has 4 unspecified atom stereocenters. The fourth-order valence-electron chi connectivity index (χ4n) is 4.90. The van der Waals surface area contributed by atoms with Gasteiger partial charge in [-0.25, -0.2) is 0 Å². The van der Waals surface area contributed by atoms with E-state index in [-0.39, 0.29) is 11.7 Å². The molecule has 172 valence electrons. The highest BCUT2D eigenvalue weighted by atomic mass is 16.5. The molecular weight excluding hydrogens is 368 g/mol. The second kappa shape index (κ2) is 11.1. The monoisotopic (exact) mass is 416 g/mol. The molecule has 0 aromatic carbocycles. The van der Waals surface area contributed by atoms with Gasteiger partial charge < -0.3 is 9.84 Å². The summed E-state index contributed by atoms with van der Waals surface area (Å²) in [5.41, 5.74) is 3.86. The van der Waals surface area contributed by atoms with Gasteiger partial charge >= 0.3 is 0 Å². The molecule has 0 bridgehead atoms. The number of allylic oxidation sites excluding steroid dienone is 4. The Kier molecular flexibility index (Phi) is 9.43. The average molecular weight is 417 g/mol. The van der Waals surface area contributed by atoms with Crippen LogP contribution in [0.25, 0.3) is 0 Å². The van der Waals surface area contributed by atoms with E-state index >= 15 is 0 Å². The van der Waals surface area contributed by atoms with E-state index in [1.54, 1.807) is 0 Å². The van der Waals surface area contributed by atoms with Gasteiger partial charge in [0.15, 0.2) is 0 Å². The summed E-state index contributed by atoms with van der Waals surface area (Å²) in [5.74, 6) is 1.22. The first-order chi connectivity index (χ1) is 14.0. The van der Waals surface area contributed by atoms with Crippen molar-refractivity contribution in [3.8, 4) is 0 Å². The highest BCUT2D eigenvalue weighted by molar-refractivity contribution is 5.30. The minimum atomic E-state index is -0.507. The lowest BCUT2D eigenvalue weighted by molar-refractivity contribution is -0.110. The van der Waals surface area contributed by atoms with Crippen LogP contribution in [-0.2, 0) is 4.74 Å². The third-order valence-corrected chi connectivity index (χ3v) is 7.40. The van der Waals surface area contributed by atoms with Crippen molar-refractivity contribution in [3.05, 3.63) is 34.9 Å². The number of rotatable bonds is 11. The molecule has 2 heteroatoms. The molecular formula is C28H48O2. The normalized spacial score (nSPS) is 29.3. The van der Waals surface area contributed by atoms with Gasteiger partial charge in [-0.05, 0) is 90.6 Å². The zero-order valence-electron chi connectivity index (χ0n) is 20.9. The van der Waals surface area contributed by atoms with Gasteiger partial charge in [0.25, 0.3) is 0 Å². The first kappa shape index (κ1) is 25.4. The Morgan fingerprint density at radius 3 is 2.70 bits per heavy atom. The summed E-state index contributed by atoms with van der Waals surface area (Å²) in [4.78, 5) is 0. The molecule has 0 aromatic heterocycles. The zero-order valence-corrected chi connectivity index (χ0v) is 20.9. The quantitative estimate of drug-likeness (QED) is 0.347. The highest BCUT2D eigenvalue weighted by Gasteiger charge is 2.38. The molecule has 4 atom stereocenters. The molecule has 0 spiro atoms. The number of fused-ring (bicyclic) bond motifs is 1. The number of aliphatic hydroxyl groups is 1. The maximum atomic E-state index is 10.6. The molecule has 2 rings (SSSR count). The Balaban J connectivity index is 1.72. The summed E-state index contributed by atoms with van der Waals surface area (Å²) in [6.07, 6.45) is 18.1. The van der Waals surface area contributed by atoms with E-state index in [0.29, 0.717) is 5.92 Å². The second-order valence-electron chi connectivity index (χ2n) is 11.2. The largest absolute Gasteiger partial charge is 0.390 e. The molecule has 0 aromatic rings. The molecule has 0 amide bonds. The Labute approximate surface area is 186 Å². The third-order valence-electron chi connectivity index (χ3n) is 7.40.